The lowest BCUT2D eigenvalue weighted by atomic mass is 10.1. The van der Waals surface area contributed by atoms with Crippen molar-refractivity contribution in [1.29, 1.82) is 0 Å². The van der Waals surface area contributed by atoms with Crippen LogP contribution in [0.15, 0.2) is 30.3 Å². The van der Waals surface area contributed by atoms with Gasteiger partial charge in [-0.15, -0.1) is 0 Å². The molecule has 1 aromatic rings. The minimum Gasteiger partial charge on any atom is -0.393 e. The van der Waals surface area contributed by atoms with Crippen LogP contribution in [0.25, 0.3) is 0 Å². The van der Waals surface area contributed by atoms with Gasteiger partial charge in [-0.3, -0.25) is 9.69 Å². The van der Waals surface area contributed by atoms with Crippen molar-refractivity contribution in [2.75, 3.05) is 6.54 Å². The number of amides is 3. The third kappa shape index (κ3) is 2.73. The summed E-state index contributed by atoms with van der Waals surface area (Å²) in [5, 5.41) is 2.67. The molecule has 1 fully saturated rings. The van der Waals surface area contributed by atoms with Crippen LogP contribution in [-0.2, 0) is 4.79 Å². The van der Waals surface area contributed by atoms with E-state index in [4.69, 9.17) is 18.0 Å². The standard InChI is InChI=1S/C13H15N3O2S/c1-8(11(14)19)7-16-12(17)10(15-13(16)18)9-5-3-2-4-6-9/h2-6,8,10H,7H2,1H3,(H2,14,19)(H,15,18). The highest BCUT2D eigenvalue weighted by Gasteiger charge is 2.39. The van der Waals surface area contributed by atoms with Gasteiger partial charge in [0.1, 0.15) is 6.04 Å². The van der Waals surface area contributed by atoms with Crippen molar-refractivity contribution in [3.63, 3.8) is 0 Å². The van der Waals surface area contributed by atoms with Crippen LogP contribution in [0.4, 0.5) is 4.79 Å². The number of benzene rings is 1. The lowest BCUT2D eigenvalue weighted by Gasteiger charge is -2.17. The van der Waals surface area contributed by atoms with Gasteiger partial charge in [0.05, 0.1) is 4.99 Å². The Kier molecular flexibility index (Phi) is 3.80. The van der Waals surface area contributed by atoms with Gasteiger partial charge < -0.3 is 11.1 Å². The summed E-state index contributed by atoms with van der Waals surface area (Å²) in [6.07, 6.45) is 0. The van der Waals surface area contributed by atoms with E-state index in [1.807, 2.05) is 30.3 Å². The summed E-state index contributed by atoms with van der Waals surface area (Å²) in [5.74, 6) is -0.460. The van der Waals surface area contributed by atoms with E-state index in [1.165, 1.54) is 4.90 Å². The summed E-state index contributed by atoms with van der Waals surface area (Å²) >= 11 is 4.86. The van der Waals surface area contributed by atoms with Crippen molar-refractivity contribution >= 4 is 29.1 Å². The maximum Gasteiger partial charge on any atom is 0.325 e. The van der Waals surface area contributed by atoms with E-state index in [0.717, 1.165) is 5.56 Å². The van der Waals surface area contributed by atoms with Crippen LogP contribution in [-0.4, -0.2) is 28.4 Å². The molecule has 0 saturated carbocycles. The number of urea groups is 1. The third-order valence-electron chi connectivity index (χ3n) is 3.10. The summed E-state index contributed by atoms with van der Waals surface area (Å²) in [4.78, 5) is 25.5. The zero-order valence-electron chi connectivity index (χ0n) is 10.5. The van der Waals surface area contributed by atoms with Gasteiger partial charge in [0, 0.05) is 12.5 Å². The molecule has 5 nitrogen and oxygen atoms in total. The van der Waals surface area contributed by atoms with Crippen LogP contribution in [0.1, 0.15) is 18.5 Å². The van der Waals surface area contributed by atoms with Crippen LogP contribution in [0.3, 0.4) is 0 Å². The minimum atomic E-state index is -0.618. The Bertz CT molecular complexity index is 518. The summed E-state index contributed by atoms with van der Waals surface area (Å²) in [6.45, 7) is 2.00. The van der Waals surface area contributed by atoms with E-state index >= 15 is 0 Å². The van der Waals surface area contributed by atoms with Crippen molar-refractivity contribution in [2.45, 2.75) is 13.0 Å². The quantitative estimate of drug-likeness (QED) is 0.640. The number of carbonyl (C=O) groups excluding carboxylic acids is 2. The first-order chi connectivity index (χ1) is 9.00. The smallest absolute Gasteiger partial charge is 0.325 e. The molecule has 0 spiro atoms. The molecule has 1 aliphatic heterocycles. The summed E-state index contributed by atoms with van der Waals surface area (Å²) in [6, 6.07) is 8.11. The molecule has 0 aromatic heterocycles. The van der Waals surface area contributed by atoms with Gasteiger partial charge in [-0.2, -0.15) is 0 Å². The zero-order chi connectivity index (χ0) is 14.0. The van der Waals surface area contributed by atoms with E-state index in [9.17, 15) is 9.59 Å². The van der Waals surface area contributed by atoms with Gasteiger partial charge in [-0.25, -0.2) is 4.79 Å². The highest BCUT2D eigenvalue weighted by molar-refractivity contribution is 7.80. The van der Waals surface area contributed by atoms with Crippen molar-refractivity contribution < 1.29 is 9.59 Å². The molecular formula is C13H15N3O2S. The van der Waals surface area contributed by atoms with Crippen molar-refractivity contribution in [3.05, 3.63) is 35.9 Å². The highest BCUT2D eigenvalue weighted by atomic mass is 32.1. The Morgan fingerprint density at radius 3 is 2.63 bits per heavy atom. The second-order valence-electron chi connectivity index (χ2n) is 4.55. The minimum absolute atomic E-state index is 0.195. The van der Waals surface area contributed by atoms with Gasteiger partial charge in [0.15, 0.2) is 0 Å². The monoisotopic (exact) mass is 277 g/mol. The average molecular weight is 277 g/mol. The highest BCUT2D eigenvalue weighted by Crippen LogP contribution is 2.22. The second-order valence-corrected chi connectivity index (χ2v) is 5.02. The van der Waals surface area contributed by atoms with Gasteiger partial charge in [0.25, 0.3) is 5.91 Å². The summed E-state index contributed by atoms with van der Waals surface area (Å²) in [7, 11) is 0. The molecule has 3 amide bonds. The maximum absolute atomic E-state index is 12.2. The van der Waals surface area contributed by atoms with Crippen LogP contribution in [0, 0.1) is 5.92 Å². The molecule has 2 atom stereocenters. The molecule has 0 bridgehead atoms. The lowest BCUT2D eigenvalue weighted by molar-refractivity contribution is -0.127. The van der Waals surface area contributed by atoms with Crippen LogP contribution in [0.2, 0.25) is 0 Å². The second kappa shape index (κ2) is 5.36. The van der Waals surface area contributed by atoms with Crippen LogP contribution >= 0.6 is 12.2 Å². The number of nitrogens with two attached hydrogens (primary N) is 1. The molecule has 1 saturated heterocycles. The first kappa shape index (κ1) is 13.5. The predicted molar refractivity (Wildman–Crippen MR) is 75.4 cm³/mol. The number of nitrogens with zero attached hydrogens (tertiary/aromatic N) is 1. The number of carbonyl (C=O) groups is 2. The Balaban J connectivity index is 2.15. The number of hydrogen-bond donors (Lipinski definition) is 2. The molecule has 1 aromatic carbocycles. The number of nitrogens with one attached hydrogen (secondary N) is 1. The van der Waals surface area contributed by atoms with Gasteiger partial charge in [-0.1, -0.05) is 49.5 Å². The van der Waals surface area contributed by atoms with Crippen molar-refractivity contribution in [2.24, 2.45) is 11.7 Å². The number of thiocarbonyl (C=S) groups is 1. The normalized spacial score (nSPS) is 20.3. The topological polar surface area (TPSA) is 75.4 Å². The molecular weight excluding hydrogens is 262 g/mol. The Hall–Kier alpha value is -1.95. The molecule has 3 N–H and O–H groups in total. The van der Waals surface area contributed by atoms with E-state index in [2.05, 4.69) is 5.32 Å². The predicted octanol–water partition coefficient (Wildman–Crippen LogP) is 1.20. The third-order valence-corrected chi connectivity index (χ3v) is 3.50. The Morgan fingerprint density at radius 2 is 2.05 bits per heavy atom. The first-order valence-electron chi connectivity index (χ1n) is 5.97. The summed E-state index contributed by atoms with van der Waals surface area (Å²) < 4.78 is 0. The molecule has 1 heterocycles. The van der Waals surface area contributed by atoms with Gasteiger partial charge in [0.2, 0.25) is 0 Å². The molecule has 100 valence electrons. The molecule has 0 radical (unpaired) electrons. The van der Waals surface area contributed by atoms with Gasteiger partial charge in [-0.05, 0) is 5.56 Å². The van der Waals surface area contributed by atoms with Crippen molar-refractivity contribution in [1.82, 2.24) is 10.2 Å². The fourth-order valence-corrected chi connectivity index (χ4v) is 2.00. The molecule has 1 aliphatic rings. The fraction of sp³-hybridized carbons (Fsp3) is 0.308. The van der Waals surface area contributed by atoms with Crippen LogP contribution < -0.4 is 11.1 Å². The zero-order valence-corrected chi connectivity index (χ0v) is 11.3. The SMILES string of the molecule is CC(CN1C(=O)NC(c2ccccc2)C1=O)C(N)=S. The number of hydrogen-bond acceptors (Lipinski definition) is 3. The molecule has 2 rings (SSSR count). The first-order valence-corrected chi connectivity index (χ1v) is 6.37. The van der Waals surface area contributed by atoms with Crippen LogP contribution in [0.5, 0.6) is 0 Å². The number of rotatable bonds is 4. The largest absolute Gasteiger partial charge is 0.393 e. The van der Waals surface area contributed by atoms with E-state index < -0.39 is 12.1 Å². The Labute approximate surface area is 116 Å². The fourth-order valence-electron chi connectivity index (χ4n) is 1.93. The molecule has 2 unspecified atom stereocenters. The molecule has 19 heavy (non-hydrogen) atoms. The maximum atomic E-state index is 12.2. The van der Waals surface area contributed by atoms with E-state index in [0.29, 0.717) is 4.99 Å². The van der Waals surface area contributed by atoms with Gasteiger partial charge >= 0.3 is 6.03 Å². The molecule has 6 heteroatoms. The van der Waals surface area contributed by atoms with Crippen molar-refractivity contribution in [3.8, 4) is 0 Å². The van der Waals surface area contributed by atoms with E-state index in [-0.39, 0.29) is 18.4 Å². The Morgan fingerprint density at radius 1 is 1.42 bits per heavy atom. The number of imide groups is 1. The van der Waals surface area contributed by atoms with E-state index in [1.54, 1.807) is 6.92 Å². The lowest BCUT2D eigenvalue weighted by Crippen LogP contribution is -2.38. The summed E-state index contributed by atoms with van der Waals surface area (Å²) in [5.41, 5.74) is 6.28. The average Bonchev–Trinajstić information content (AvgIpc) is 2.67. The molecule has 0 aliphatic carbocycles.